The fourth-order valence-corrected chi connectivity index (χ4v) is 0.847. The van der Waals surface area contributed by atoms with Gasteiger partial charge in [-0.1, -0.05) is 12.8 Å². The van der Waals surface area contributed by atoms with Gasteiger partial charge in [-0.25, -0.2) is 0 Å². The lowest BCUT2D eigenvalue weighted by atomic mass is 10.2. The van der Waals surface area contributed by atoms with E-state index in [9.17, 15) is 0 Å². The van der Waals surface area contributed by atoms with E-state index in [4.69, 9.17) is 5.11 Å². The molecule has 0 atom stereocenters. The number of hydrogen-bond donors (Lipinski definition) is 1. The molecule has 2 heteroatoms. The standard InChI is InChI=1S/C8H18NO/c1-9(2)7-5-3-4-6-8-10/h10H,1,3-8H2,2H3. The van der Waals surface area contributed by atoms with Crippen molar-refractivity contribution in [1.82, 2.24) is 4.90 Å². The summed E-state index contributed by atoms with van der Waals surface area (Å²) in [6, 6.07) is 0. The molecule has 10 heavy (non-hydrogen) atoms. The first-order chi connectivity index (χ1) is 4.77. The van der Waals surface area contributed by atoms with Crippen molar-refractivity contribution in [1.29, 1.82) is 0 Å². The van der Waals surface area contributed by atoms with Gasteiger partial charge in [-0.2, -0.15) is 0 Å². The van der Waals surface area contributed by atoms with Gasteiger partial charge in [0.2, 0.25) is 0 Å². The molecule has 1 radical (unpaired) electrons. The Morgan fingerprint density at radius 2 is 1.80 bits per heavy atom. The smallest absolute Gasteiger partial charge is 0.0431 e. The lowest BCUT2D eigenvalue weighted by Crippen LogP contribution is -2.09. The van der Waals surface area contributed by atoms with E-state index in [0.717, 1.165) is 19.4 Å². The second-order valence-electron chi connectivity index (χ2n) is 2.72. The minimum absolute atomic E-state index is 0.334. The van der Waals surface area contributed by atoms with Gasteiger partial charge in [0.15, 0.2) is 0 Å². The summed E-state index contributed by atoms with van der Waals surface area (Å²) in [5, 5.41) is 8.45. The Hall–Kier alpha value is -0.0800. The predicted octanol–water partition coefficient (Wildman–Crippen LogP) is 1.26. The highest BCUT2D eigenvalue weighted by atomic mass is 16.2. The van der Waals surface area contributed by atoms with E-state index < -0.39 is 0 Å². The van der Waals surface area contributed by atoms with Crippen LogP contribution in [0.1, 0.15) is 25.7 Å². The molecule has 0 aromatic rings. The molecule has 0 aromatic carbocycles. The van der Waals surface area contributed by atoms with E-state index in [-0.39, 0.29) is 0 Å². The fraction of sp³-hybridized carbons (Fsp3) is 0.875. The van der Waals surface area contributed by atoms with Crippen molar-refractivity contribution < 1.29 is 5.11 Å². The number of hydrogen-bond acceptors (Lipinski definition) is 2. The minimum atomic E-state index is 0.334. The molecular formula is C8H18NO. The highest BCUT2D eigenvalue weighted by molar-refractivity contribution is 4.48. The van der Waals surface area contributed by atoms with Crippen LogP contribution in [0.5, 0.6) is 0 Å². The molecule has 2 nitrogen and oxygen atoms in total. The number of rotatable bonds is 6. The average Bonchev–Trinajstić information content (AvgIpc) is 1.87. The van der Waals surface area contributed by atoms with Gasteiger partial charge in [-0.15, -0.1) is 0 Å². The number of aliphatic hydroxyl groups is 1. The molecule has 0 aliphatic carbocycles. The van der Waals surface area contributed by atoms with E-state index in [1.165, 1.54) is 12.8 Å². The molecule has 0 bridgehead atoms. The molecule has 1 N–H and O–H groups in total. The zero-order valence-corrected chi connectivity index (χ0v) is 6.84. The van der Waals surface area contributed by atoms with Crippen LogP contribution in [0, 0.1) is 7.05 Å². The Morgan fingerprint density at radius 3 is 2.30 bits per heavy atom. The molecule has 0 unspecified atom stereocenters. The maximum Gasteiger partial charge on any atom is 0.0431 e. The van der Waals surface area contributed by atoms with Crippen LogP contribution in [0.3, 0.4) is 0 Å². The molecule has 0 aliphatic heterocycles. The van der Waals surface area contributed by atoms with Crippen LogP contribution in [-0.2, 0) is 0 Å². The highest BCUT2D eigenvalue weighted by Crippen LogP contribution is 1.99. The van der Waals surface area contributed by atoms with Crippen molar-refractivity contribution >= 4 is 0 Å². The van der Waals surface area contributed by atoms with Gasteiger partial charge in [-0.3, -0.25) is 0 Å². The highest BCUT2D eigenvalue weighted by Gasteiger charge is 1.90. The van der Waals surface area contributed by atoms with Crippen LogP contribution < -0.4 is 0 Å². The summed E-state index contributed by atoms with van der Waals surface area (Å²) in [6.07, 6.45) is 4.49. The van der Waals surface area contributed by atoms with Crippen LogP contribution in [0.15, 0.2) is 0 Å². The quantitative estimate of drug-likeness (QED) is 0.567. The minimum Gasteiger partial charge on any atom is -0.396 e. The first-order valence-corrected chi connectivity index (χ1v) is 3.90. The Balaban J connectivity index is 2.77. The second-order valence-corrected chi connectivity index (χ2v) is 2.72. The average molecular weight is 144 g/mol. The third-order valence-corrected chi connectivity index (χ3v) is 1.45. The van der Waals surface area contributed by atoms with Crippen LogP contribution in [-0.4, -0.2) is 30.2 Å². The number of nitrogens with zero attached hydrogens (tertiary/aromatic N) is 1. The van der Waals surface area contributed by atoms with Gasteiger partial charge >= 0.3 is 0 Å². The Morgan fingerprint density at radius 1 is 1.20 bits per heavy atom. The van der Waals surface area contributed by atoms with Crippen molar-refractivity contribution in [3.63, 3.8) is 0 Å². The number of aliphatic hydroxyl groups excluding tert-OH is 1. The lowest BCUT2D eigenvalue weighted by Gasteiger charge is -2.07. The summed E-state index contributed by atoms with van der Waals surface area (Å²) >= 11 is 0. The van der Waals surface area contributed by atoms with Crippen molar-refractivity contribution in [2.75, 3.05) is 20.2 Å². The summed E-state index contributed by atoms with van der Waals surface area (Å²) in [5.74, 6) is 0. The van der Waals surface area contributed by atoms with E-state index in [0.29, 0.717) is 6.61 Å². The third kappa shape index (κ3) is 7.92. The van der Waals surface area contributed by atoms with Gasteiger partial charge < -0.3 is 10.0 Å². The molecule has 61 valence electrons. The summed E-state index contributed by atoms with van der Waals surface area (Å²) in [4.78, 5) is 1.94. The Kier molecular flexibility index (Phi) is 6.98. The van der Waals surface area contributed by atoms with E-state index >= 15 is 0 Å². The largest absolute Gasteiger partial charge is 0.396 e. The van der Waals surface area contributed by atoms with Crippen LogP contribution in [0.25, 0.3) is 0 Å². The molecule has 0 saturated heterocycles. The first kappa shape index (κ1) is 9.92. The molecule has 0 spiro atoms. The zero-order valence-electron chi connectivity index (χ0n) is 6.84. The molecule has 0 aromatic heterocycles. The van der Waals surface area contributed by atoms with Crippen molar-refractivity contribution in [2.45, 2.75) is 25.7 Å². The number of unbranched alkanes of at least 4 members (excludes halogenated alkanes) is 3. The van der Waals surface area contributed by atoms with E-state index in [1.807, 2.05) is 11.9 Å². The molecule has 0 heterocycles. The monoisotopic (exact) mass is 144 g/mol. The van der Waals surface area contributed by atoms with Crippen molar-refractivity contribution in [3.8, 4) is 0 Å². The van der Waals surface area contributed by atoms with Gasteiger partial charge in [-0.05, 0) is 26.4 Å². The summed E-state index contributed by atoms with van der Waals surface area (Å²) in [5.41, 5.74) is 0. The van der Waals surface area contributed by atoms with Crippen LogP contribution >= 0.6 is 0 Å². The third-order valence-electron chi connectivity index (χ3n) is 1.45. The maximum atomic E-state index is 8.45. The molecule has 0 rings (SSSR count). The fourth-order valence-electron chi connectivity index (χ4n) is 0.847. The normalized spacial score (nSPS) is 10.8. The van der Waals surface area contributed by atoms with Gasteiger partial charge in [0.25, 0.3) is 0 Å². The second kappa shape index (κ2) is 7.03. The summed E-state index contributed by atoms with van der Waals surface area (Å²) < 4.78 is 0. The van der Waals surface area contributed by atoms with Gasteiger partial charge in [0.1, 0.15) is 0 Å². The maximum absolute atomic E-state index is 8.45. The topological polar surface area (TPSA) is 23.5 Å². The summed E-state index contributed by atoms with van der Waals surface area (Å²) in [6.45, 7) is 1.39. The first-order valence-electron chi connectivity index (χ1n) is 3.90. The Labute approximate surface area is 63.8 Å². The van der Waals surface area contributed by atoms with Crippen molar-refractivity contribution in [2.24, 2.45) is 0 Å². The SMILES string of the molecule is [CH2]N(C)CCCCCCO. The summed E-state index contributed by atoms with van der Waals surface area (Å²) in [7, 11) is 5.72. The van der Waals surface area contributed by atoms with Gasteiger partial charge in [0.05, 0.1) is 0 Å². The molecule has 0 amide bonds. The van der Waals surface area contributed by atoms with E-state index in [2.05, 4.69) is 7.05 Å². The predicted molar refractivity (Wildman–Crippen MR) is 43.5 cm³/mol. The molecule has 0 saturated carbocycles. The van der Waals surface area contributed by atoms with Gasteiger partial charge in [0, 0.05) is 13.7 Å². The zero-order chi connectivity index (χ0) is 7.82. The molecular weight excluding hydrogens is 126 g/mol. The van der Waals surface area contributed by atoms with Crippen molar-refractivity contribution in [3.05, 3.63) is 7.05 Å². The lowest BCUT2D eigenvalue weighted by molar-refractivity contribution is 0.281. The van der Waals surface area contributed by atoms with Crippen LogP contribution in [0.4, 0.5) is 0 Å². The van der Waals surface area contributed by atoms with Crippen LogP contribution in [0.2, 0.25) is 0 Å². The molecule has 0 aliphatic rings. The van der Waals surface area contributed by atoms with E-state index in [1.54, 1.807) is 0 Å². The Bertz CT molecular complexity index is 64.3. The molecule has 0 fully saturated rings.